The number of fused-ring (bicyclic) bond motifs is 1. The Kier molecular flexibility index (Phi) is 5.54. The summed E-state index contributed by atoms with van der Waals surface area (Å²) in [6.07, 6.45) is 1.58. The number of aromatic nitrogens is 3. The molecule has 0 spiro atoms. The van der Waals surface area contributed by atoms with Crippen LogP contribution < -0.4 is 5.32 Å². The summed E-state index contributed by atoms with van der Waals surface area (Å²) in [6, 6.07) is 9.30. The van der Waals surface area contributed by atoms with E-state index >= 15 is 0 Å². The Labute approximate surface area is 157 Å². The van der Waals surface area contributed by atoms with Gasteiger partial charge in [-0.15, -0.1) is 0 Å². The Morgan fingerprint density at radius 3 is 2.69 bits per heavy atom. The first-order valence-corrected chi connectivity index (χ1v) is 8.78. The van der Waals surface area contributed by atoms with E-state index in [0.717, 1.165) is 11.3 Å². The molecule has 0 saturated carbocycles. The van der Waals surface area contributed by atoms with Crippen molar-refractivity contribution in [2.24, 2.45) is 5.92 Å². The van der Waals surface area contributed by atoms with E-state index in [-0.39, 0.29) is 12.5 Å². The molecule has 1 aromatic carbocycles. The minimum Gasteiger partial charge on any atom is -0.378 e. The highest BCUT2D eigenvalue weighted by atomic mass is 35.5. The standard InChI is InChI=1S/C19H21ClN4O2/c1-12(2)9-22-19(25)15-10-21-18-8-16(13-4-6-14(20)7-5-13)23-24(18)17(15)11-26-3/h4-8,10,12H,9,11H2,1-3H3,(H,22,25). The van der Waals surface area contributed by atoms with E-state index in [4.69, 9.17) is 16.3 Å². The Bertz CT molecular complexity index is 919. The summed E-state index contributed by atoms with van der Waals surface area (Å²) in [6.45, 7) is 4.94. The first-order chi connectivity index (χ1) is 12.5. The van der Waals surface area contributed by atoms with Crippen LogP contribution in [0, 0.1) is 5.92 Å². The van der Waals surface area contributed by atoms with Crippen LogP contribution in [0.4, 0.5) is 0 Å². The van der Waals surface area contributed by atoms with Gasteiger partial charge in [0.15, 0.2) is 5.65 Å². The zero-order valence-electron chi connectivity index (χ0n) is 15.0. The van der Waals surface area contributed by atoms with Crippen LogP contribution in [0.1, 0.15) is 29.9 Å². The zero-order chi connectivity index (χ0) is 18.7. The first kappa shape index (κ1) is 18.4. The number of methoxy groups -OCH3 is 1. The predicted octanol–water partition coefficient (Wildman–Crippen LogP) is 3.58. The van der Waals surface area contributed by atoms with Gasteiger partial charge in [-0.2, -0.15) is 5.10 Å². The summed E-state index contributed by atoms with van der Waals surface area (Å²) >= 11 is 5.95. The zero-order valence-corrected chi connectivity index (χ0v) is 15.7. The lowest BCUT2D eigenvalue weighted by Crippen LogP contribution is -2.29. The van der Waals surface area contributed by atoms with Gasteiger partial charge in [0.2, 0.25) is 0 Å². The lowest BCUT2D eigenvalue weighted by molar-refractivity contribution is 0.0942. The maximum atomic E-state index is 12.5. The molecule has 2 aromatic heterocycles. The molecule has 0 aliphatic heterocycles. The third-order valence-corrected chi connectivity index (χ3v) is 4.17. The molecule has 1 N–H and O–H groups in total. The van der Waals surface area contributed by atoms with E-state index in [1.807, 2.05) is 44.2 Å². The lowest BCUT2D eigenvalue weighted by atomic mass is 10.1. The second kappa shape index (κ2) is 7.85. The second-order valence-corrected chi connectivity index (χ2v) is 6.90. The Hall–Kier alpha value is -2.44. The molecule has 136 valence electrons. The van der Waals surface area contributed by atoms with Crippen LogP contribution in [0.5, 0.6) is 0 Å². The average Bonchev–Trinajstić information content (AvgIpc) is 3.05. The number of nitrogens with one attached hydrogen (secondary N) is 1. The van der Waals surface area contributed by atoms with Gasteiger partial charge in [-0.25, -0.2) is 9.50 Å². The monoisotopic (exact) mass is 372 g/mol. The van der Waals surface area contributed by atoms with Crippen LogP contribution in [0.15, 0.2) is 36.5 Å². The smallest absolute Gasteiger partial charge is 0.254 e. The van der Waals surface area contributed by atoms with Gasteiger partial charge in [0.05, 0.1) is 23.6 Å². The number of benzene rings is 1. The van der Waals surface area contributed by atoms with E-state index in [1.165, 1.54) is 0 Å². The molecule has 0 radical (unpaired) electrons. The SMILES string of the molecule is COCc1c(C(=O)NCC(C)C)cnc2cc(-c3ccc(Cl)cc3)nn12. The van der Waals surface area contributed by atoms with Crippen molar-refractivity contribution < 1.29 is 9.53 Å². The van der Waals surface area contributed by atoms with Crippen LogP contribution in [-0.2, 0) is 11.3 Å². The molecule has 7 heteroatoms. The highest BCUT2D eigenvalue weighted by molar-refractivity contribution is 6.30. The van der Waals surface area contributed by atoms with E-state index in [2.05, 4.69) is 15.4 Å². The van der Waals surface area contributed by atoms with Crippen LogP contribution >= 0.6 is 11.6 Å². The summed E-state index contributed by atoms with van der Waals surface area (Å²) < 4.78 is 6.96. The van der Waals surface area contributed by atoms with Crippen LogP contribution in [0.2, 0.25) is 5.02 Å². The lowest BCUT2D eigenvalue weighted by Gasteiger charge is -2.12. The van der Waals surface area contributed by atoms with Crippen molar-refractivity contribution in [1.29, 1.82) is 0 Å². The summed E-state index contributed by atoms with van der Waals surface area (Å²) in [5.41, 5.74) is 3.47. The predicted molar refractivity (Wildman–Crippen MR) is 101 cm³/mol. The number of hydrogen-bond acceptors (Lipinski definition) is 4. The molecule has 0 saturated heterocycles. The van der Waals surface area contributed by atoms with Crippen molar-refractivity contribution >= 4 is 23.2 Å². The van der Waals surface area contributed by atoms with E-state index in [0.29, 0.717) is 34.4 Å². The van der Waals surface area contributed by atoms with Crippen LogP contribution in [-0.4, -0.2) is 34.2 Å². The molecular formula is C19H21ClN4O2. The fourth-order valence-electron chi connectivity index (χ4n) is 2.60. The number of nitrogens with zero attached hydrogens (tertiary/aromatic N) is 3. The highest BCUT2D eigenvalue weighted by Gasteiger charge is 2.18. The molecule has 3 rings (SSSR count). The van der Waals surface area contributed by atoms with Gasteiger partial charge in [-0.05, 0) is 18.1 Å². The molecule has 0 bridgehead atoms. The van der Waals surface area contributed by atoms with Crippen molar-refractivity contribution in [3.8, 4) is 11.3 Å². The van der Waals surface area contributed by atoms with Gasteiger partial charge in [0, 0.05) is 36.5 Å². The van der Waals surface area contributed by atoms with E-state index in [9.17, 15) is 4.79 Å². The highest BCUT2D eigenvalue weighted by Crippen LogP contribution is 2.23. The minimum atomic E-state index is -0.177. The number of hydrogen-bond donors (Lipinski definition) is 1. The van der Waals surface area contributed by atoms with Gasteiger partial charge in [0.1, 0.15) is 0 Å². The molecule has 0 atom stereocenters. The summed E-state index contributed by atoms with van der Waals surface area (Å²) in [7, 11) is 1.59. The molecule has 0 aliphatic carbocycles. The average molecular weight is 373 g/mol. The minimum absolute atomic E-state index is 0.177. The van der Waals surface area contributed by atoms with Crippen LogP contribution in [0.3, 0.4) is 0 Å². The second-order valence-electron chi connectivity index (χ2n) is 6.46. The molecule has 6 nitrogen and oxygen atoms in total. The Morgan fingerprint density at radius 1 is 1.31 bits per heavy atom. The van der Waals surface area contributed by atoms with Crippen LogP contribution in [0.25, 0.3) is 16.9 Å². The number of ether oxygens (including phenoxy) is 1. The van der Waals surface area contributed by atoms with Crippen molar-refractivity contribution in [3.63, 3.8) is 0 Å². The number of rotatable bonds is 6. The normalized spacial score (nSPS) is 11.3. The Balaban J connectivity index is 2.03. The van der Waals surface area contributed by atoms with E-state index < -0.39 is 0 Å². The molecule has 0 fully saturated rings. The third-order valence-electron chi connectivity index (χ3n) is 3.92. The first-order valence-electron chi connectivity index (χ1n) is 8.40. The van der Waals surface area contributed by atoms with Crippen molar-refractivity contribution in [3.05, 3.63) is 52.8 Å². The molecule has 26 heavy (non-hydrogen) atoms. The maximum absolute atomic E-state index is 12.5. The van der Waals surface area contributed by atoms with Gasteiger partial charge >= 0.3 is 0 Å². The number of carbonyl (C=O) groups is 1. The number of carbonyl (C=O) groups excluding carboxylic acids is 1. The topological polar surface area (TPSA) is 68.5 Å². The summed E-state index contributed by atoms with van der Waals surface area (Å²) in [5.74, 6) is 0.186. The molecule has 3 aromatic rings. The summed E-state index contributed by atoms with van der Waals surface area (Å²) in [4.78, 5) is 16.9. The maximum Gasteiger partial charge on any atom is 0.254 e. The third kappa shape index (κ3) is 3.86. The molecule has 0 aliphatic rings. The summed E-state index contributed by atoms with van der Waals surface area (Å²) in [5, 5.41) is 8.20. The van der Waals surface area contributed by atoms with Crippen molar-refractivity contribution in [1.82, 2.24) is 19.9 Å². The largest absolute Gasteiger partial charge is 0.378 e. The number of halogens is 1. The van der Waals surface area contributed by atoms with Gasteiger partial charge in [-0.3, -0.25) is 4.79 Å². The molecule has 1 amide bonds. The van der Waals surface area contributed by atoms with Gasteiger partial charge < -0.3 is 10.1 Å². The molecular weight excluding hydrogens is 352 g/mol. The quantitative estimate of drug-likeness (QED) is 0.718. The number of amides is 1. The molecule has 0 unspecified atom stereocenters. The van der Waals surface area contributed by atoms with Gasteiger partial charge in [0.25, 0.3) is 5.91 Å². The van der Waals surface area contributed by atoms with Crippen molar-refractivity contribution in [2.75, 3.05) is 13.7 Å². The van der Waals surface area contributed by atoms with Crippen molar-refractivity contribution in [2.45, 2.75) is 20.5 Å². The Morgan fingerprint density at radius 2 is 2.04 bits per heavy atom. The fraction of sp³-hybridized carbons (Fsp3) is 0.316. The molecule has 2 heterocycles. The van der Waals surface area contributed by atoms with Gasteiger partial charge in [-0.1, -0.05) is 37.6 Å². The fourth-order valence-corrected chi connectivity index (χ4v) is 2.73. The van der Waals surface area contributed by atoms with E-state index in [1.54, 1.807) is 17.8 Å².